The summed E-state index contributed by atoms with van der Waals surface area (Å²) in [6.07, 6.45) is 4.79. The van der Waals surface area contributed by atoms with Crippen LogP contribution in [0.5, 0.6) is 0 Å². The van der Waals surface area contributed by atoms with Gasteiger partial charge in [0.15, 0.2) is 0 Å². The Morgan fingerprint density at radius 2 is 1.90 bits per heavy atom. The second kappa shape index (κ2) is 5.60. The SMILES string of the molecule is CC(C)n1c(C(=O)N2CCCCCC2)cc2sccc21. The van der Waals surface area contributed by atoms with Crippen LogP contribution in [0.15, 0.2) is 17.5 Å². The first kappa shape index (κ1) is 13.7. The van der Waals surface area contributed by atoms with E-state index >= 15 is 0 Å². The number of carbonyl (C=O) groups is 1. The molecular weight excluding hydrogens is 268 g/mol. The van der Waals surface area contributed by atoms with Crippen molar-refractivity contribution in [1.82, 2.24) is 9.47 Å². The lowest BCUT2D eigenvalue weighted by molar-refractivity contribution is 0.0750. The van der Waals surface area contributed by atoms with Gasteiger partial charge in [0, 0.05) is 19.1 Å². The van der Waals surface area contributed by atoms with Crippen LogP contribution in [0.3, 0.4) is 0 Å². The highest BCUT2D eigenvalue weighted by Crippen LogP contribution is 2.29. The Balaban J connectivity index is 1.97. The lowest BCUT2D eigenvalue weighted by atomic mass is 10.2. The minimum absolute atomic E-state index is 0.212. The fourth-order valence-electron chi connectivity index (χ4n) is 3.10. The number of aromatic nitrogens is 1. The second-order valence-corrected chi connectivity index (χ2v) is 6.82. The van der Waals surface area contributed by atoms with Crippen molar-refractivity contribution >= 4 is 27.5 Å². The molecule has 2 aromatic heterocycles. The maximum atomic E-state index is 12.9. The normalized spacial score (nSPS) is 16.9. The third kappa shape index (κ3) is 2.37. The average molecular weight is 290 g/mol. The molecule has 1 fully saturated rings. The highest BCUT2D eigenvalue weighted by Gasteiger charge is 2.23. The molecule has 0 aliphatic carbocycles. The van der Waals surface area contributed by atoms with Crippen LogP contribution in [0.2, 0.25) is 0 Å². The van der Waals surface area contributed by atoms with Gasteiger partial charge in [0.2, 0.25) is 0 Å². The van der Waals surface area contributed by atoms with E-state index in [1.165, 1.54) is 23.1 Å². The summed E-state index contributed by atoms with van der Waals surface area (Å²) >= 11 is 1.72. The van der Waals surface area contributed by atoms with Crippen LogP contribution in [-0.2, 0) is 0 Å². The zero-order chi connectivity index (χ0) is 14.1. The topological polar surface area (TPSA) is 25.2 Å². The third-order valence-electron chi connectivity index (χ3n) is 4.09. The van der Waals surface area contributed by atoms with Crippen molar-refractivity contribution in [3.63, 3.8) is 0 Å². The molecule has 2 aromatic rings. The van der Waals surface area contributed by atoms with E-state index < -0.39 is 0 Å². The van der Waals surface area contributed by atoms with Gasteiger partial charge in [0.05, 0.1) is 10.2 Å². The maximum absolute atomic E-state index is 12.9. The highest BCUT2D eigenvalue weighted by molar-refractivity contribution is 7.17. The molecule has 0 radical (unpaired) electrons. The molecule has 1 saturated heterocycles. The van der Waals surface area contributed by atoms with E-state index in [9.17, 15) is 4.79 Å². The van der Waals surface area contributed by atoms with Crippen molar-refractivity contribution in [2.75, 3.05) is 13.1 Å². The third-order valence-corrected chi connectivity index (χ3v) is 4.94. The van der Waals surface area contributed by atoms with Crippen molar-refractivity contribution in [1.29, 1.82) is 0 Å². The highest BCUT2D eigenvalue weighted by atomic mass is 32.1. The largest absolute Gasteiger partial charge is 0.337 e. The van der Waals surface area contributed by atoms with E-state index in [1.807, 2.05) is 4.90 Å². The number of likely N-dealkylation sites (tertiary alicyclic amines) is 1. The summed E-state index contributed by atoms with van der Waals surface area (Å²) in [7, 11) is 0. The van der Waals surface area contributed by atoms with E-state index in [-0.39, 0.29) is 5.91 Å². The number of rotatable bonds is 2. The van der Waals surface area contributed by atoms with Gasteiger partial charge in [0.1, 0.15) is 5.69 Å². The summed E-state index contributed by atoms with van der Waals surface area (Å²) in [5.74, 6) is 0.212. The zero-order valence-corrected chi connectivity index (χ0v) is 13.1. The molecule has 20 heavy (non-hydrogen) atoms. The maximum Gasteiger partial charge on any atom is 0.270 e. The number of hydrogen-bond acceptors (Lipinski definition) is 2. The first-order chi connectivity index (χ1) is 9.68. The van der Waals surface area contributed by atoms with Crippen LogP contribution in [-0.4, -0.2) is 28.5 Å². The van der Waals surface area contributed by atoms with E-state index in [1.54, 1.807) is 11.3 Å². The first-order valence-corrected chi connectivity index (χ1v) is 8.44. The molecule has 0 aromatic carbocycles. The van der Waals surface area contributed by atoms with Crippen molar-refractivity contribution in [2.24, 2.45) is 0 Å². The monoisotopic (exact) mass is 290 g/mol. The van der Waals surface area contributed by atoms with Gasteiger partial charge >= 0.3 is 0 Å². The van der Waals surface area contributed by atoms with Gasteiger partial charge in [-0.25, -0.2) is 0 Å². The molecule has 3 rings (SSSR count). The summed E-state index contributed by atoms with van der Waals surface area (Å²) < 4.78 is 3.41. The van der Waals surface area contributed by atoms with E-state index in [2.05, 4.69) is 35.9 Å². The molecule has 1 aliphatic heterocycles. The standard InChI is InChI=1S/C16H22N2OS/c1-12(2)18-13-7-10-20-15(13)11-14(18)16(19)17-8-5-3-4-6-9-17/h7,10-12H,3-6,8-9H2,1-2H3. The van der Waals surface area contributed by atoms with Crippen LogP contribution in [0.25, 0.3) is 10.2 Å². The molecule has 0 atom stereocenters. The fourth-order valence-corrected chi connectivity index (χ4v) is 3.91. The number of amides is 1. The molecule has 3 heterocycles. The second-order valence-electron chi connectivity index (χ2n) is 5.87. The Morgan fingerprint density at radius 3 is 2.55 bits per heavy atom. The Kier molecular flexibility index (Phi) is 3.83. The quantitative estimate of drug-likeness (QED) is 0.809. The van der Waals surface area contributed by atoms with Crippen molar-refractivity contribution < 1.29 is 4.79 Å². The molecule has 3 nitrogen and oxygen atoms in total. The minimum Gasteiger partial charge on any atom is -0.337 e. The zero-order valence-electron chi connectivity index (χ0n) is 12.3. The minimum atomic E-state index is 0.212. The average Bonchev–Trinajstić information content (AvgIpc) is 2.88. The number of nitrogens with zero attached hydrogens (tertiary/aromatic N) is 2. The molecule has 0 bridgehead atoms. The fraction of sp³-hybridized carbons (Fsp3) is 0.562. The summed E-state index contributed by atoms with van der Waals surface area (Å²) in [4.78, 5) is 14.9. The first-order valence-electron chi connectivity index (χ1n) is 7.56. The molecule has 0 saturated carbocycles. The van der Waals surface area contributed by atoms with Gasteiger partial charge in [0.25, 0.3) is 5.91 Å². The van der Waals surface area contributed by atoms with Crippen LogP contribution >= 0.6 is 11.3 Å². The molecule has 1 amide bonds. The van der Waals surface area contributed by atoms with Gasteiger partial charge < -0.3 is 9.47 Å². The van der Waals surface area contributed by atoms with Crippen molar-refractivity contribution in [2.45, 2.75) is 45.6 Å². The van der Waals surface area contributed by atoms with E-state index in [4.69, 9.17) is 0 Å². The van der Waals surface area contributed by atoms with Gasteiger partial charge in [-0.1, -0.05) is 12.8 Å². The summed E-state index contributed by atoms with van der Waals surface area (Å²) in [5, 5.41) is 2.10. The molecule has 1 aliphatic rings. The Morgan fingerprint density at radius 1 is 1.20 bits per heavy atom. The van der Waals surface area contributed by atoms with Gasteiger partial charge in [-0.3, -0.25) is 4.79 Å². The number of fused-ring (bicyclic) bond motifs is 1. The summed E-state index contributed by atoms with van der Waals surface area (Å²) in [6.45, 7) is 6.12. The lowest BCUT2D eigenvalue weighted by Gasteiger charge is -2.22. The van der Waals surface area contributed by atoms with Gasteiger partial charge in [-0.05, 0) is 44.2 Å². The summed E-state index contributed by atoms with van der Waals surface area (Å²) in [6, 6.07) is 4.51. The molecule has 0 N–H and O–H groups in total. The van der Waals surface area contributed by atoms with Crippen LogP contribution < -0.4 is 0 Å². The number of thiophene rings is 1. The van der Waals surface area contributed by atoms with E-state index in [0.717, 1.165) is 31.6 Å². The van der Waals surface area contributed by atoms with Crippen molar-refractivity contribution in [3.8, 4) is 0 Å². The number of hydrogen-bond donors (Lipinski definition) is 0. The Bertz CT molecular complexity index is 603. The number of carbonyl (C=O) groups excluding carboxylic acids is 1. The summed E-state index contributed by atoms with van der Waals surface area (Å²) in [5.41, 5.74) is 2.06. The van der Waals surface area contributed by atoms with Crippen LogP contribution in [0.1, 0.15) is 56.1 Å². The van der Waals surface area contributed by atoms with Crippen molar-refractivity contribution in [3.05, 3.63) is 23.2 Å². The Labute approximate surface area is 124 Å². The van der Waals surface area contributed by atoms with Crippen LogP contribution in [0.4, 0.5) is 0 Å². The van der Waals surface area contributed by atoms with Crippen LogP contribution in [0, 0.1) is 0 Å². The molecular formula is C16H22N2OS. The lowest BCUT2D eigenvalue weighted by Crippen LogP contribution is -2.33. The molecule has 0 unspecified atom stereocenters. The van der Waals surface area contributed by atoms with Gasteiger partial charge in [-0.15, -0.1) is 11.3 Å². The molecule has 108 valence electrons. The molecule has 0 spiro atoms. The smallest absolute Gasteiger partial charge is 0.270 e. The Hall–Kier alpha value is -1.29. The predicted molar refractivity (Wildman–Crippen MR) is 84.6 cm³/mol. The molecule has 4 heteroatoms. The predicted octanol–water partition coefficient (Wildman–Crippen LogP) is 4.30. The van der Waals surface area contributed by atoms with Gasteiger partial charge in [-0.2, -0.15) is 0 Å². The van der Waals surface area contributed by atoms with E-state index in [0.29, 0.717) is 6.04 Å².